The van der Waals surface area contributed by atoms with Crippen LogP contribution in [0.1, 0.15) is 47.9 Å². The standard InChI is InChI=1S/C30H27F4N5O5/c1-28(26(35)41)14-44-24-19(28)11-21(37-23(24)15-3-5-18(31)6-4-15)30(42,29(34)7-8-29)13-36-25(40)16-9-17-12-39(27(32)33)38-22(17)20(10-16)43-2/h3-6,9-12,27,42H,7-8,13-14H2,1-2H3,(H2,35,41)(H,36,40)/t28-,30-/m0/s1. The van der Waals surface area contributed by atoms with E-state index in [0.29, 0.717) is 10.2 Å². The largest absolute Gasteiger partial charge is 0.494 e. The Hall–Kier alpha value is -4.72. The number of nitrogens with zero attached hydrogens (tertiary/aromatic N) is 3. The molecule has 14 heteroatoms. The molecule has 2 amide bonds. The Kier molecular flexibility index (Phi) is 6.79. The summed E-state index contributed by atoms with van der Waals surface area (Å²) in [6.07, 6.45) is 0.972. The molecule has 2 aromatic carbocycles. The lowest BCUT2D eigenvalue weighted by atomic mass is 9.80. The number of carbonyl (C=O) groups excluding carboxylic acids is 2. The normalized spacial score (nSPS) is 19.7. The number of aliphatic hydroxyl groups is 1. The van der Waals surface area contributed by atoms with Crippen LogP contribution in [0.4, 0.5) is 17.6 Å². The van der Waals surface area contributed by atoms with E-state index in [1.165, 1.54) is 49.6 Å². The summed E-state index contributed by atoms with van der Waals surface area (Å²) in [6.45, 7) is -2.16. The fourth-order valence-electron chi connectivity index (χ4n) is 5.42. The summed E-state index contributed by atoms with van der Waals surface area (Å²) in [4.78, 5) is 30.4. The highest BCUT2D eigenvalue weighted by atomic mass is 19.3. The first-order valence-corrected chi connectivity index (χ1v) is 13.6. The van der Waals surface area contributed by atoms with Crippen molar-refractivity contribution in [3.05, 3.63) is 71.3 Å². The number of carbonyl (C=O) groups is 2. The van der Waals surface area contributed by atoms with Crippen molar-refractivity contribution in [2.24, 2.45) is 5.73 Å². The van der Waals surface area contributed by atoms with E-state index in [4.69, 9.17) is 15.2 Å². The van der Waals surface area contributed by atoms with Crippen LogP contribution in [0.15, 0.2) is 48.7 Å². The zero-order valence-electron chi connectivity index (χ0n) is 23.5. The molecular weight excluding hydrogens is 586 g/mol. The molecule has 0 saturated heterocycles. The zero-order chi connectivity index (χ0) is 31.6. The number of fused-ring (bicyclic) bond motifs is 2. The van der Waals surface area contributed by atoms with Gasteiger partial charge in [0.1, 0.15) is 46.2 Å². The van der Waals surface area contributed by atoms with Crippen molar-refractivity contribution < 1.29 is 41.7 Å². The molecule has 1 aliphatic heterocycles. The molecule has 3 heterocycles. The summed E-state index contributed by atoms with van der Waals surface area (Å²) in [7, 11) is 1.29. The van der Waals surface area contributed by atoms with Gasteiger partial charge in [-0.3, -0.25) is 9.59 Å². The summed E-state index contributed by atoms with van der Waals surface area (Å²) in [5, 5.41) is 18.5. The van der Waals surface area contributed by atoms with Gasteiger partial charge in [-0.1, -0.05) is 0 Å². The van der Waals surface area contributed by atoms with Gasteiger partial charge in [-0.2, -0.15) is 13.9 Å². The Balaban J connectivity index is 1.40. The van der Waals surface area contributed by atoms with Gasteiger partial charge in [0.25, 0.3) is 5.91 Å². The van der Waals surface area contributed by atoms with Crippen LogP contribution in [0.3, 0.4) is 0 Å². The van der Waals surface area contributed by atoms with Crippen LogP contribution in [0, 0.1) is 5.82 Å². The van der Waals surface area contributed by atoms with Gasteiger partial charge in [0.2, 0.25) is 5.91 Å². The van der Waals surface area contributed by atoms with Crippen LogP contribution in [0.5, 0.6) is 11.5 Å². The molecule has 4 aromatic rings. The monoisotopic (exact) mass is 613 g/mol. The van der Waals surface area contributed by atoms with E-state index in [0.717, 1.165) is 6.20 Å². The number of ether oxygens (including phenoxy) is 2. The number of alkyl halides is 3. The van der Waals surface area contributed by atoms with Crippen molar-refractivity contribution >= 4 is 22.7 Å². The van der Waals surface area contributed by atoms with Crippen molar-refractivity contribution in [3.8, 4) is 22.8 Å². The molecule has 10 nitrogen and oxygen atoms in total. The van der Waals surface area contributed by atoms with E-state index >= 15 is 4.39 Å². The first kappa shape index (κ1) is 29.4. The molecule has 4 N–H and O–H groups in total. The van der Waals surface area contributed by atoms with Crippen LogP contribution in [-0.4, -0.2) is 57.6 Å². The molecule has 0 bridgehead atoms. The van der Waals surface area contributed by atoms with Gasteiger partial charge in [0, 0.05) is 28.3 Å². The summed E-state index contributed by atoms with van der Waals surface area (Å²) in [5.74, 6) is -1.76. The van der Waals surface area contributed by atoms with Gasteiger partial charge in [-0.25, -0.2) is 18.4 Å². The minimum absolute atomic E-state index is 0.0159. The molecule has 1 saturated carbocycles. The van der Waals surface area contributed by atoms with Crippen molar-refractivity contribution in [1.29, 1.82) is 0 Å². The summed E-state index contributed by atoms with van der Waals surface area (Å²) < 4.78 is 67.7. The van der Waals surface area contributed by atoms with Crippen molar-refractivity contribution in [2.75, 3.05) is 20.3 Å². The molecular formula is C30H27F4N5O5. The minimum Gasteiger partial charge on any atom is -0.494 e. The molecule has 6 rings (SSSR count). The third-order valence-corrected chi connectivity index (χ3v) is 8.37. The van der Waals surface area contributed by atoms with Crippen molar-refractivity contribution in [3.63, 3.8) is 0 Å². The van der Waals surface area contributed by atoms with Gasteiger partial charge < -0.3 is 25.6 Å². The number of hydrogen-bond acceptors (Lipinski definition) is 7. The average molecular weight is 614 g/mol. The SMILES string of the molecule is COc1cc(C(=O)NC[C@](O)(c2cc3c(c(-c4ccc(F)cc4)n2)OC[C@]3(C)C(N)=O)C2(F)CC2)cc2cn(C(F)F)nc12. The first-order valence-electron chi connectivity index (χ1n) is 13.6. The molecule has 2 aliphatic rings. The third-order valence-electron chi connectivity index (χ3n) is 8.37. The smallest absolute Gasteiger partial charge is 0.333 e. The van der Waals surface area contributed by atoms with Gasteiger partial charge in [-0.05, 0) is 62.2 Å². The molecule has 0 spiro atoms. The second kappa shape index (κ2) is 10.2. The lowest BCUT2D eigenvalue weighted by Gasteiger charge is -2.33. The maximum atomic E-state index is 16.1. The van der Waals surface area contributed by atoms with E-state index in [9.17, 15) is 27.9 Å². The fourth-order valence-corrected chi connectivity index (χ4v) is 5.42. The van der Waals surface area contributed by atoms with E-state index in [2.05, 4.69) is 15.4 Å². The van der Waals surface area contributed by atoms with Crippen LogP contribution < -0.4 is 20.5 Å². The fraction of sp³-hybridized carbons (Fsp3) is 0.333. The molecule has 1 aliphatic carbocycles. The highest BCUT2D eigenvalue weighted by molar-refractivity contribution is 6.00. The Morgan fingerprint density at radius 3 is 2.55 bits per heavy atom. The number of pyridine rings is 1. The quantitative estimate of drug-likeness (QED) is 0.243. The number of hydrogen-bond donors (Lipinski definition) is 3. The first-order chi connectivity index (χ1) is 20.8. The molecule has 44 heavy (non-hydrogen) atoms. The van der Waals surface area contributed by atoms with Crippen LogP contribution in [0.25, 0.3) is 22.2 Å². The maximum Gasteiger partial charge on any atom is 0.333 e. The van der Waals surface area contributed by atoms with Gasteiger partial charge in [-0.15, -0.1) is 0 Å². The lowest BCUT2D eigenvalue weighted by molar-refractivity contribution is -0.123. The molecule has 2 atom stereocenters. The Bertz CT molecular complexity index is 1810. The van der Waals surface area contributed by atoms with Crippen LogP contribution in [0.2, 0.25) is 0 Å². The van der Waals surface area contributed by atoms with Crippen LogP contribution >= 0.6 is 0 Å². The average Bonchev–Trinajstić information content (AvgIpc) is 3.45. The van der Waals surface area contributed by atoms with Gasteiger partial charge in [0.05, 0.1) is 19.3 Å². The Morgan fingerprint density at radius 2 is 1.93 bits per heavy atom. The number of benzene rings is 2. The Labute approximate surface area is 247 Å². The van der Waals surface area contributed by atoms with E-state index < -0.39 is 47.4 Å². The summed E-state index contributed by atoms with van der Waals surface area (Å²) in [6, 6.07) is 9.19. The van der Waals surface area contributed by atoms with Crippen LogP contribution in [-0.2, 0) is 15.8 Å². The number of aromatic nitrogens is 3. The summed E-state index contributed by atoms with van der Waals surface area (Å²) in [5.41, 5.74) is 0.444. The molecule has 1 fully saturated rings. The number of primary amides is 1. The summed E-state index contributed by atoms with van der Waals surface area (Å²) >= 11 is 0. The molecule has 2 aromatic heterocycles. The van der Waals surface area contributed by atoms with E-state index in [-0.39, 0.29) is 64.4 Å². The van der Waals surface area contributed by atoms with E-state index in [1.807, 2.05) is 0 Å². The number of rotatable bonds is 9. The zero-order valence-corrected chi connectivity index (χ0v) is 23.5. The molecule has 230 valence electrons. The second-order valence-electron chi connectivity index (χ2n) is 11.2. The number of nitrogens with two attached hydrogens (primary N) is 1. The Morgan fingerprint density at radius 1 is 1.23 bits per heavy atom. The van der Waals surface area contributed by atoms with Gasteiger partial charge in [0.15, 0.2) is 5.60 Å². The third kappa shape index (κ3) is 4.60. The van der Waals surface area contributed by atoms with Crippen molar-refractivity contribution in [2.45, 2.75) is 43.0 Å². The van der Waals surface area contributed by atoms with Crippen molar-refractivity contribution in [1.82, 2.24) is 20.1 Å². The molecule has 0 radical (unpaired) electrons. The minimum atomic E-state index is -2.92. The highest BCUT2D eigenvalue weighted by Gasteiger charge is 2.62. The topological polar surface area (TPSA) is 142 Å². The number of methoxy groups -OCH3 is 1. The lowest BCUT2D eigenvalue weighted by Crippen LogP contribution is -2.49. The van der Waals surface area contributed by atoms with Gasteiger partial charge >= 0.3 is 6.55 Å². The number of nitrogens with one attached hydrogen (secondary N) is 1. The molecule has 0 unspecified atom stereocenters. The maximum absolute atomic E-state index is 16.1. The number of amides is 2. The highest BCUT2D eigenvalue weighted by Crippen LogP contribution is 2.55. The second-order valence-corrected chi connectivity index (χ2v) is 11.2. The predicted molar refractivity (Wildman–Crippen MR) is 149 cm³/mol. The van der Waals surface area contributed by atoms with E-state index in [1.54, 1.807) is 6.92 Å². The number of halogens is 4. The predicted octanol–water partition coefficient (Wildman–Crippen LogP) is 3.90.